The Labute approximate surface area is 87.2 Å². The van der Waals surface area contributed by atoms with E-state index in [1.807, 2.05) is 18.2 Å². The van der Waals surface area contributed by atoms with Crippen LogP contribution in [0, 0.1) is 0 Å². The Kier molecular flexibility index (Phi) is 2.52. The average Bonchev–Trinajstić information content (AvgIpc) is 2.58. The van der Waals surface area contributed by atoms with E-state index in [9.17, 15) is 5.11 Å². The second-order valence-electron chi connectivity index (χ2n) is 3.36. The lowest BCUT2D eigenvalue weighted by atomic mass is 10.1. The highest BCUT2D eigenvalue weighted by Gasteiger charge is 2.05. The molecule has 2 nitrogen and oxygen atoms in total. The molecule has 0 saturated heterocycles. The van der Waals surface area contributed by atoms with E-state index in [1.165, 1.54) is 4.70 Å². The van der Waals surface area contributed by atoms with Gasteiger partial charge in [0.2, 0.25) is 0 Å². The topological polar surface area (TPSA) is 33.1 Å². The van der Waals surface area contributed by atoms with Gasteiger partial charge in [-0.15, -0.1) is 11.3 Å². The molecule has 1 aromatic heterocycles. The van der Waals surface area contributed by atoms with Crippen LogP contribution in [0.1, 0.15) is 30.5 Å². The van der Waals surface area contributed by atoms with E-state index < -0.39 is 6.10 Å². The summed E-state index contributed by atoms with van der Waals surface area (Å²) in [5, 5.41) is 10.6. The predicted molar refractivity (Wildman–Crippen MR) is 59.6 cm³/mol. The van der Waals surface area contributed by atoms with Crippen molar-refractivity contribution in [2.75, 3.05) is 0 Å². The van der Waals surface area contributed by atoms with E-state index in [2.05, 4.69) is 11.9 Å². The lowest BCUT2D eigenvalue weighted by Gasteiger charge is -2.02. The first-order valence-electron chi connectivity index (χ1n) is 4.78. The predicted octanol–water partition coefficient (Wildman–Crippen LogP) is 2.91. The van der Waals surface area contributed by atoms with Gasteiger partial charge in [0.05, 0.1) is 21.3 Å². The summed E-state index contributed by atoms with van der Waals surface area (Å²) in [4.78, 5) is 4.47. The van der Waals surface area contributed by atoms with Crippen LogP contribution >= 0.6 is 11.3 Å². The molecule has 14 heavy (non-hydrogen) atoms. The SMILES string of the molecule is CCc1nc2ccc(C(C)O)cc2s1. The van der Waals surface area contributed by atoms with Crippen molar-refractivity contribution in [2.24, 2.45) is 0 Å². The maximum absolute atomic E-state index is 9.43. The lowest BCUT2D eigenvalue weighted by Crippen LogP contribution is -1.89. The highest BCUT2D eigenvalue weighted by molar-refractivity contribution is 7.18. The van der Waals surface area contributed by atoms with Crippen molar-refractivity contribution in [3.63, 3.8) is 0 Å². The number of hydrogen-bond donors (Lipinski definition) is 1. The van der Waals surface area contributed by atoms with Crippen LogP contribution in [-0.4, -0.2) is 10.1 Å². The minimum atomic E-state index is -0.397. The number of aromatic nitrogens is 1. The first kappa shape index (κ1) is 9.62. The Bertz CT molecular complexity index is 447. The largest absolute Gasteiger partial charge is 0.389 e. The molecule has 0 aliphatic rings. The number of thiazole rings is 1. The molecule has 2 aromatic rings. The van der Waals surface area contributed by atoms with Crippen LogP contribution in [0.4, 0.5) is 0 Å². The third-order valence-electron chi connectivity index (χ3n) is 2.24. The Balaban J connectivity index is 2.54. The van der Waals surface area contributed by atoms with E-state index in [1.54, 1.807) is 18.3 Å². The molecule has 1 heterocycles. The highest BCUT2D eigenvalue weighted by Crippen LogP contribution is 2.25. The smallest absolute Gasteiger partial charge is 0.0935 e. The number of aliphatic hydroxyl groups excluding tert-OH is 1. The Hall–Kier alpha value is -0.930. The van der Waals surface area contributed by atoms with Gasteiger partial charge in [-0.05, 0) is 31.0 Å². The van der Waals surface area contributed by atoms with E-state index in [0.717, 1.165) is 22.5 Å². The van der Waals surface area contributed by atoms with Gasteiger partial charge >= 0.3 is 0 Å². The Morgan fingerprint density at radius 2 is 2.29 bits per heavy atom. The van der Waals surface area contributed by atoms with Crippen molar-refractivity contribution < 1.29 is 5.11 Å². The van der Waals surface area contributed by atoms with Crippen molar-refractivity contribution in [2.45, 2.75) is 26.4 Å². The third-order valence-corrected chi connectivity index (χ3v) is 3.40. The molecule has 0 aliphatic heterocycles. The van der Waals surface area contributed by atoms with Gasteiger partial charge in [-0.25, -0.2) is 4.98 Å². The van der Waals surface area contributed by atoms with Crippen LogP contribution in [0.5, 0.6) is 0 Å². The van der Waals surface area contributed by atoms with Gasteiger partial charge in [-0.2, -0.15) is 0 Å². The first-order chi connectivity index (χ1) is 6.70. The molecule has 1 atom stereocenters. The second kappa shape index (κ2) is 3.67. The van der Waals surface area contributed by atoms with Crippen molar-refractivity contribution in [1.29, 1.82) is 0 Å². The molecule has 0 fully saturated rings. The first-order valence-corrected chi connectivity index (χ1v) is 5.59. The van der Waals surface area contributed by atoms with Crippen LogP contribution in [0.2, 0.25) is 0 Å². The maximum Gasteiger partial charge on any atom is 0.0935 e. The summed E-state index contributed by atoms with van der Waals surface area (Å²) in [6.45, 7) is 3.89. The minimum absolute atomic E-state index is 0.397. The summed E-state index contributed by atoms with van der Waals surface area (Å²) < 4.78 is 1.17. The molecule has 1 unspecified atom stereocenters. The summed E-state index contributed by atoms with van der Waals surface area (Å²) >= 11 is 1.71. The van der Waals surface area contributed by atoms with E-state index >= 15 is 0 Å². The molecule has 1 N–H and O–H groups in total. The number of fused-ring (bicyclic) bond motifs is 1. The van der Waals surface area contributed by atoms with E-state index in [0.29, 0.717) is 0 Å². The van der Waals surface area contributed by atoms with Gasteiger partial charge in [0.1, 0.15) is 0 Å². The lowest BCUT2D eigenvalue weighted by molar-refractivity contribution is 0.199. The fraction of sp³-hybridized carbons (Fsp3) is 0.364. The van der Waals surface area contributed by atoms with Gasteiger partial charge < -0.3 is 5.11 Å². The second-order valence-corrected chi connectivity index (χ2v) is 4.48. The highest BCUT2D eigenvalue weighted by atomic mass is 32.1. The molecule has 1 aromatic carbocycles. The quantitative estimate of drug-likeness (QED) is 0.821. The van der Waals surface area contributed by atoms with Gasteiger partial charge in [-0.3, -0.25) is 0 Å². The van der Waals surface area contributed by atoms with Gasteiger partial charge in [-0.1, -0.05) is 13.0 Å². The fourth-order valence-corrected chi connectivity index (χ4v) is 2.36. The molecule has 74 valence electrons. The number of benzene rings is 1. The third kappa shape index (κ3) is 1.65. The summed E-state index contributed by atoms with van der Waals surface area (Å²) in [6.07, 6.45) is 0.579. The van der Waals surface area contributed by atoms with Crippen molar-refractivity contribution >= 4 is 21.6 Å². The van der Waals surface area contributed by atoms with Crippen molar-refractivity contribution in [1.82, 2.24) is 4.98 Å². The fourth-order valence-electron chi connectivity index (χ4n) is 1.40. The van der Waals surface area contributed by atoms with Crippen molar-refractivity contribution in [3.8, 4) is 0 Å². The number of hydrogen-bond acceptors (Lipinski definition) is 3. The molecule has 2 rings (SSSR count). The average molecular weight is 207 g/mol. The van der Waals surface area contributed by atoms with Crippen LogP contribution < -0.4 is 0 Å². The maximum atomic E-state index is 9.43. The van der Waals surface area contributed by atoms with Gasteiger partial charge in [0.15, 0.2) is 0 Å². The molecule has 0 aliphatic carbocycles. The van der Waals surface area contributed by atoms with E-state index in [4.69, 9.17) is 0 Å². The zero-order chi connectivity index (χ0) is 10.1. The van der Waals surface area contributed by atoms with Crippen LogP contribution in [0.15, 0.2) is 18.2 Å². The standard InChI is InChI=1S/C11H13NOS/c1-3-11-12-9-5-4-8(7(2)13)6-10(9)14-11/h4-7,13H,3H2,1-2H3. The summed E-state index contributed by atoms with van der Waals surface area (Å²) in [7, 11) is 0. The molecule has 3 heteroatoms. The van der Waals surface area contributed by atoms with Gasteiger partial charge in [0, 0.05) is 0 Å². The molecular formula is C11H13NOS. The number of aryl methyl sites for hydroxylation is 1. The molecule has 0 bridgehead atoms. The molecule has 0 amide bonds. The zero-order valence-electron chi connectivity index (χ0n) is 8.32. The summed E-state index contributed by atoms with van der Waals surface area (Å²) in [5.74, 6) is 0. The summed E-state index contributed by atoms with van der Waals surface area (Å²) in [6, 6.07) is 5.94. The molecule has 0 spiro atoms. The Morgan fingerprint density at radius 1 is 1.50 bits per heavy atom. The molecular weight excluding hydrogens is 194 g/mol. The number of rotatable bonds is 2. The normalized spacial score (nSPS) is 13.4. The molecule has 0 saturated carbocycles. The summed E-state index contributed by atoms with van der Waals surface area (Å²) in [5.41, 5.74) is 2.00. The van der Waals surface area contributed by atoms with Crippen LogP contribution in [0.25, 0.3) is 10.2 Å². The minimum Gasteiger partial charge on any atom is -0.389 e. The number of aliphatic hydroxyl groups is 1. The monoisotopic (exact) mass is 207 g/mol. The van der Waals surface area contributed by atoms with E-state index in [-0.39, 0.29) is 0 Å². The molecule has 0 radical (unpaired) electrons. The van der Waals surface area contributed by atoms with Crippen molar-refractivity contribution in [3.05, 3.63) is 28.8 Å². The van der Waals surface area contributed by atoms with Crippen LogP contribution in [0.3, 0.4) is 0 Å². The Morgan fingerprint density at radius 3 is 2.93 bits per heavy atom. The van der Waals surface area contributed by atoms with Gasteiger partial charge in [0.25, 0.3) is 0 Å². The number of nitrogens with zero attached hydrogens (tertiary/aromatic N) is 1. The van der Waals surface area contributed by atoms with Crippen LogP contribution in [-0.2, 0) is 6.42 Å². The zero-order valence-corrected chi connectivity index (χ0v) is 9.14.